The van der Waals surface area contributed by atoms with Crippen LogP contribution in [-0.4, -0.2) is 39.1 Å². The number of aryl methyl sites for hydroxylation is 1. The quantitative estimate of drug-likeness (QED) is 0.291. The van der Waals surface area contributed by atoms with E-state index in [0.29, 0.717) is 48.2 Å². The zero-order valence-corrected chi connectivity index (χ0v) is 24.8. The van der Waals surface area contributed by atoms with E-state index in [2.05, 4.69) is 31.3 Å². The molecule has 0 aliphatic heterocycles. The minimum atomic E-state index is -0.692. The van der Waals surface area contributed by atoms with Crippen molar-refractivity contribution < 1.29 is 24.5 Å². The summed E-state index contributed by atoms with van der Waals surface area (Å²) >= 11 is 0. The number of rotatable bonds is 6. The van der Waals surface area contributed by atoms with Crippen molar-refractivity contribution in [2.45, 2.75) is 111 Å². The van der Waals surface area contributed by atoms with E-state index in [0.717, 1.165) is 38.5 Å². The molecule has 40 heavy (non-hydrogen) atoms. The SMILES string of the molecule is CC(=NNC(=O)CCC(C)C1CCC2C3CCC4CC(O)CCC4(C)C3CC(O)C12C)c1c(O)cc(C)oc1=O. The highest BCUT2D eigenvalue weighted by molar-refractivity contribution is 6.01. The summed E-state index contributed by atoms with van der Waals surface area (Å²) in [6, 6.07) is 1.35. The number of aromatic hydroxyl groups is 1. The van der Waals surface area contributed by atoms with Gasteiger partial charge in [0.25, 0.3) is 0 Å². The molecule has 8 nitrogen and oxygen atoms in total. The fourth-order valence-electron chi connectivity index (χ4n) is 9.91. The molecule has 4 N–H and O–H groups in total. The molecule has 222 valence electrons. The molecule has 5 rings (SSSR count). The molecule has 4 aliphatic rings. The maximum absolute atomic E-state index is 12.7. The first-order chi connectivity index (χ1) is 18.9. The molecule has 4 saturated carbocycles. The van der Waals surface area contributed by atoms with Crippen molar-refractivity contribution in [3.8, 4) is 5.75 Å². The first kappa shape index (κ1) is 29.3. The van der Waals surface area contributed by atoms with Crippen LogP contribution in [-0.2, 0) is 4.79 Å². The van der Waals surface area contributed by atoms with Gasteiger partial charge < -0.3 is 19.7 Å². The van der Waals surface area contributed by atoms with E-state index in [4.69, 9.17) is 4.42 Å². The van der Waals surface area contributed by atoms with Crippen molar-refractivity contribution in [1.29, 1.82) is 0 Å². The minimum Gasteiger partial charge on any atom is -0.507 e. The van der Waals surface area contributed by atoms with Crippen molar-refractivity contribution in [2.75, 3.05) is 0 Å². The van der Waals surface area contributed by atoms with Gasteiger partial charge in [-0.3, -0.25) is 4.79 Å². The average Bonchev–Trinajstić information content (AvgIpc) is 3.25. The number of hydrogen-bond donors (Lipinski definition) is 4. The first-order valence-electron chi connectivity index (χ1n) is 15.4. The van der Waals surface area contributed by atoms with Crippen LogP contribution in [0.1, 0.15) is 103 Å². The lowest BCUT2D eigenvalue weighted by atomic mass is 9.43. The second kappa shape index (κ2) is 10.9. The number of aliphatic hydroxyl groups excluding tert-OH is 2. The number of hydrazone groups is 1. The van der Waals surface area contributed by atoms with E-state index in [1.807, 2.05) is 0 Å². The normalized spacial score (nSPS) is 40.1. The first-order valence-corrected chi connectivity index (χ1v) is 15.4. The fourth-order valence-corrected chi connectivity index (χ4v) is 9.91. The van der Waals surface area contributed by atoms with E-state index in [1.54, 1.807) is 13.8 Å². The van der Waals surface area contributed by atoms with Crippen LogP contribution in [0.3, 0.4) is 0 Å². The van der Waals surface area contributed by atoms with Gasteiger partial charge in [-0.25, -0.2) is 10.2 Å². The molecule has 0 aromatic carbocycles. The van der Waals surface area contributed by atoms with E-state index in [9.17, 15) is 24.9 Å². The second-order valence-corrected chi connectivity index (χ2v) is 14.0. The molecule has 0 spiro atoms. The molecule has 0 radical (unpaired) electrons. The summed E-state index contributed by atoms with van der Waals surface area (Å²) in [5.41, 5.74) is 2.06. The van der Waals surface area contributed by atoms with Crippen LogP contribution >= 0.6 is 0 Å². The van der Waals surface area contributed by atoms with E-state index in [1.165, 1.54) is 18.9 Å². The highest BCUT2D eigenvalue weighted by Gasteiger charge is 2.63. The third-order valence-corrected chi connectivity index (χ3v) is 12.1. The van der Waals surface area contributed by atoms with Crippen LogP contribution in [0.15, 0.2) is 20.4 Å². The van der Waals surface area contributed by atoms with Crippen LogP contribution in [0.5, 0.6) is 5.75 Å². The van der Waals surface area contributed by atoms with Crippen LogP contribution in [0.4, 0.5) is 0 Å². The number of carbonyl (C=O) groups is 1. The van der Waals surface area contributed by atoms with Gasteiger partial charge in [0.2, 0.25) is 5.91 Å². The lowest BCUT2D eigenvalue weighted by molar-refractivity contribution is -0.174. The largest absolute Gasteiger partial charge is 0.507 e. The van der Waals surface area contributed by atoms with Gasteiger partial charge in [-0.15, -0.1) is 0 Å². The predicted octanol–water partition coefficient (Wildman–Crippen LogP) is 4.90. The zero-order valence-electron chi connectivity index (χ0n) is 24.8. The molecule has 1 heterocycles. The van der Waals surface area contributed by atoms with Gasteiger partial charge in [0, 0.05) is 12.5 Å². The summed E-state index contributed by atoms with van der Waals surface area (Å²) < 4.78 is 5.04. The second-order valence-electron chi connectivity index (χ2n) is 14.0. The van der Waals surface area contributed by atoms with Crippen molar-refractivity contribution in [1.82, 2.24) is 5.43 Å². The maximum Gasteiger partial charge on any atom is 0.348 e. The molecule has 10 atom stereocenters. The van der Waals surface area contributed by atoms with Crippen LogP contribution in [0, 0.1) is 53.3 Å². The summed E-state index contributed by atoms with van der Waals surface area (Å²) in [7, 11) is 0. The Morgan fingerprint density at radius 1 is 1.15 bits per heavy atom. The molecule has 4 aliphatic carbocycles. The van der Waals surface area contributed by atoms with Crippen LogP contribution in [0.25, 0.3) is 0 Å². The zero-order chi connectivity index (χ0) is 29.0. The van der Waals surface area contributed by atoms with Crippen molar-refractivity contribution in [3.05, 3.63) is 27.8 Å². The summed E-state index contributed by atoms with van der Waals surface area (Å²) in [4.78, 5) is 24.8. The van der Waals surface area contributed by atoms with Gasteiger partial charge in [0.05, 0.1) is 17.9 Å². The molecule has 1 amide bonds. The number of aliphatic hydroxyl groups is 2. The Bertz CT molecular complexity index is 1210. The van der Waals surface area contributed by atoms with Gasteiger partial charge in [0.1, 0.15) is 17.1 Å². The van der Waals surface area contributed by atoms with Gasteiger partial charge in [0.15, 0.2) is 0 Å². The Kier molecular flexibility index (Phi) is 7.99. The number of amides is 1. The number of carbonyl (C=O) groups excluding carboxylic acids is 1. The van der Waals surface area contributed by atoms with Crippen molar-refractivity contribution >= 4 is 11.6 Å². The number of nitrogens with one attached hydrogen (secondary N) is 1. The molecule has 0 bridgehead atoms. The van der Waals surface area contributed by atoms with Gasteiger partial charge in [-0.2, -0.15) is 5.10 Å². The van der Waals surface area contributed by atoms with Crippen LogP contribution in [0.2, 0.25) is 0 Å². The monoisotopic (exact) mass is 556 g/mol. The molecule has 4 fully saturated rings. The fraction of sp³-hybridized carbons (Fsp3) is 0.781. The predicted molar refractivity (Wildman–Crippen MR) is 153 cm³/mol. The minimum absolute atomic E-state index is 0.0546. The van der Waals surface area contributed by atoms with Crippen LogP contribution < -0.4 is 11.1 Å². The molecular formula is C32H48N2O6. The molecule has 1 aromatic rings. The van der Waals surface area contributed by atoms with E-state index >= 15 is 0 Å². The summed E-state index contributed by atoms with van der Waals surface area (Å²) in [5.74, 6) is 2.72. The number of nitrogens with zero attached hydrogens (tertiary/aromatic N) is 1. The standard InChI is InChI=1S/C32H48N2O6/c1-17(6-11-28(38)34-33-19(3)29-26(36)14-18(2)40-30(29)39)23-9-10-24-22-8-7-20-15-21(35)12-13-31(20,4)25(22)16-27(37)32(23,24)5/h14,17,20-25,27,35-37H,6-13,15-16H2,1-5H3,(H,34,38). The lowest BCUT2D eigenvalue weighted by Gasteiger charge is -2.62. The summed E-state index contributed by atoms with van der Waals surface area (Å²) in [6.07, 6.45) is 8.87. The maximum atomic E-state index is 12.7. The van der Waals surface area contributed by atoms with E-state index < -0.39 is 5.63 Å². The average molecular weight is 557 g/mol. The van der Waals surface area contributed by atoms with Crippen molar-refractivity contribution in [2.24, 2.45) is 51.4 Å². The smallest absolute Gasteiger partial charge is 0.348 e. The summed E-state index contributed by atoms with van der Waals surface area (Å²) in [5, 5.41) is 36.2. The molecule has 1 aromatic heterocycles. The molecular weight excluding hydrogens is 508 g/mol. The molecule has 10 unspecified atom stereocenters. The molecule has 8 heteroatoms. The Balaban J connectivity index is 1.22. The van der Waals surface area contributed by atoms with Gasteiger partial charge in [-0.1, -0.05) is 20.8 Å². The topological polar surface area (TPSA) is 132 Å². The Hall–Kier alpha value is -2.19. The molecule has 0 saturated heterocycles. The van der Waals surface area contributed by atoms with Crippen molar-refractivity contribution in [3.63, 3.8) is 0 Å². The highest BCUT2D eigenvalue weighted by atomic mass is 16.4. The van der Waals surface area contributed by atoms with E-state index in [-0.39, 0.29) is 51.9 Å². The highest BCUT2D eigenvalue weighted by Crippen LogP contribution is 2.68. The Labute approximate surface area is 237 Å². The third kappa shape index (κ3) is 4.93. The Morgan fingerprint density at radius 2 is 1.90 bits per heavy atom. The number of hydrogen-bond acceptors (Lipinski definition) is 7. The van der Waals surface area contributed by atoms with Gasteiger partial charge >= 0.3 is 5.63 Å². The third-order valence-electron chi connectivity index (χ3n) is 12.1. The van der Waals surface area contributed by atoms with Gasteiger partial charge in [-0.05, 0) is 118 Å². The summed E-state index contributed by atoms with van der Waals surface area (Å²) in [6.45, 7) is 10.1. The number of fused-ring (bicyclic) bond motifs is 5. The Morgan fingerprint density at radius 3 is 2.62 bits per heavy atom. The lowest BCUT2D eigenvalue weighted by Crippen LogP contribution is -2.58.